The van der Waals surface area contributed by atoms with Crippen molar-refractivity contribution < 1.29 is 14.6 Å². The summed E-state index contributed by atoms with van der Waals surface area (Å²) in [5, 5.41) is 11.1. The Morgan fingerprint density at radius 2 is 1.77 bits per heavy atom. The van der Waals surface area contributed by atoms with E-state index in [2.05, 4.69) is 0 Å². The fourth-order valence-corrected chi connectivity index (χ4v) is 1.11. The van der Waals surface area contributed by atoms with E-state index in [9.17, 15) is 5.11 Å². The molecular formula is C10H13O3. The number of benzene rings is 1. The van der Waals surface area contributed by atoms with Gasteiger partial charge in [-0.15, -0.1) is 0 Å². The molecule has 0 aliphatic carbocycles. The maximum absolute atomic E-state index is 11.1. The largest absolute Gasteiger partial charge is 0.493 e. The molecule has 71 valence electrons. The zero-order valence-corrected chi connectivity index (χ0v) is 8.03. The lowest BCUT2D eigenvalue weighted by molar-refractivity contribution is 0.106. The molecule has 0 saturated carbocycles. The molecule has 0 spiro atoms. The predicted octanol–water partition coefficient (Wildman–Crippen LogP) is 2.20. The van der Waals surface area contributed by atoms with Crippen molar-refractivity contribution in [2.75, 3.05) is 14.2 Å². The Kier molecular flexibility index (Phi) is 3.14. The van der Waals surface area contributed by atoms with Gasteiger partial charge < -0.3 is 9.47 Å². The summed E-state index contributed by atoms with van der Waals surface area (Å²) >= 11 is 0. The first-order valence-electron chi connectivity index (χ1n) is 4.06. The van der Waals surface area contributed by atoms with Gasteiger partial charge in [0.05, 0.1) is 14.2 Å². The van der Waals surface area contributed by atoms with Gasteiger partial charge in [0.2, 0.25) is 0 Å². The quantitative estimate of drug-likeness (QED) is 0.716. The maximum atomic E-state index is 11.1. The predicted molar refractivity (Wildman–Crippen MR) is 48.6 cm³/mol. The lowest BCUT2D eigenvalue weighted by Gasteiger charge is -2.09. The van der Waals surface area contributed by atoms with Gasteiger partial charge in [0.15, 0.2) is 11.5 Å². The van der Waals surface area contributed by atoms with Gasteiger partial charge in [-0.3, -0.25) is 0 Å². The summed E-state index contributed by atoms with van der Waals surface area (Å²) < 4.78 is 10.1. The van der Waals surface area contributed by atoms with E-state index in [4.69, 9.17) is 9.47 Å². The third-order valence-corrected chi connectivity index (χ3v) is 1.88. The van der Waals surface area contributed by atoms with Gasteiger partial charge in [-0.1, -0.05) is 6.07 Å². The zero-order valence-electron chi connectivity index (χ0n) is 8.03. The van der Waals surface area contributed by atoms with Crippen LogP contribution in [0.15, 0.2) is 18.2 Å². The molecule has 0 aliphatic heterocycles. The van der Waals surface area contributed by atoms with Crippen molar-refractivity contribution in [2.24, 2.45) is 0 Å². The van der Waals surface area contributed by atoms with Gasteiger partial charge >= 0.3 is 0 Å². The molecule has 0 saturated heterocycles. The number of rotatable bonds is 3. The molecule has 0 aromatic heterocycles. The van der Waals surface area contributed by atoms with Gasteiger partial charge in [-0.2, -0.15) is 0 Å². The highest BCUT2D eigenvalue weighted by atomic mass is 16.5. The maximum Gasteiger partial charge on any atom is 0.161 e. The fourth-order valence-electron chi connectivity index (χ4n) is 1.11. The van der Waals surface area contributed by atoms with Gasteiger partial charge in [0, 0.05) is 0 Å². The van der Waals surface area contributed by atoms with Crippen LogP contribution in [0.25, 0.3) is 0 Å². The summed E-state index contributed by atoms with van der Waals surface area (Å²) in [6, 6.07) is 5.19. The van der Waals surface area contributed by atoms with E-state index in [1.54, 1.807) is 39.3 Å². The normalized spacial score (nSPS) is 12.3. The van der Waals surface area contributed by atoms with Crippen molar-refractivity contribution in [2.45, 2.75) is 13.0 Å². The van der Waals surface area contributed by atoms with Crippen molar-refractivity contribution in [3.8, 4) is 11.5 Å². The minimum Gasteiger partial charge on any atom is -0.493 e. The average molecular weight is 181 g/mol. The van der Waals surface area contributed by atoms with Crippen molar-refractivity contribution >= 4 is 0 Å². The van der Waals surface area contributed by atoms with Crippen molar-refractivity contribution in [3.63, 3.8) is 0 Å². The summed E-state index contributed by atoms with van der Waals surface area (Å²) in [6.45, 7) is 1.60. The Morgan fingerprint density at radius 1 is 1.15 bits per heavy atom. The van der Waals surface area contributed by atoms with Crippen LogP contribution < -0.4 is 9.47 Å². The van der Waals surface area contributed by atoms with Gasteiger partial charge in [0.25, 0.3) is 0 Å². The molecule has 13 heavy (non-hydrogen) atoms. The SMILES string of the molecule is COc1ccc(C(C)[O])cc1OC. The summed E-state index contributed by atoms with van der Waals surface area (Å²) in [5.41, 5.74) is 0.706. The van der Waals surface area contributed by atoms with Crippen LogP contribution in [0, 0.1) is 0 Å². The number of methoxy groups -OCH3 is 2. The first-order valence-corrected chi connectivity index (χ1v) is 4.06. The first-order chi connectivity index (χ1) is 6.19. The highest BCUT2D eigenvalue weighted by molar-refractivity contribution is 5.43. The molecule has 0 heterocycles. The van der Waals surface area contributed by atoms with Gasteiger partial charge in [-0.25, -0.2) is 5.11 Å². The van der Waals surface area contributed by atoms with E-state index >= 15 is 0 Å². The lowest BCUT2D eigenvalue weighted by atomic mass is 10.1. The molecule has 0 fully saturated rings. The minimum atomic E-state index is -0.736. The Labute approximate surface area is 77.9 Å². The Balaban J connectivity index is 3.05. The van der Waals surface area contributed by atoms with E-state index < -0.39 is 6.10 Å². The van der Waals surface area contributed by atoms with Gasteiger partial charge in [0.1, 0.15) is 6.10 Å². The second-order valence-electron chi connectivity index (χ2n) is 2.76. The van der Waals surface area contributed by atoms with Gasteiger partial charge in [-0.05, 0) is 24.6 Å². The van der Waals surface area contributed by atoms with E-state index in [0.29, 0.717) is 17.1 Å². The molecule has 1 radical (unpaired) electrons. The number of ether oxygens (including phenoxy) is 2. The average Bonchev–Trinajstić information content (AvgIpc) is 2.16. The lowest BCUT2D eigenvalue weighted by Crippen LogP contribution is -1.94. The standard InChI is InChI=1S/C10H13O3/c1-7(11)8-4-5-9(12-2)10(6-8)13-3/h4-7H,1-3H3. The molecule has 3 heteroatoms. The van der Waals surface area contributed by atoms with Crippen LogP contribution in [0.1, 0.15) is 18.6 Å². The summed E-state index contributed by atoms with van der Waals surface area (Å²) in [5.74, 6) is 1.25. The highest BCUT2D eigenvalue weighted by Gasteiger charge is 2.08. The van der Waals surface area contributed by atoms with Crippen LogP contribution in [0.3, 0.4) is 0 Å². The molecule has 3 nitrogen and oxygen atoms in total. The third-order valence-electron chi connectivity index (χ3n) is 1.88. The van der Waals surface area contributed by atoms with Crippen LogP contribution in [-0.4, -0.2) is 14.2 Å². The minimum absolute atomic E-state index is 0.600. The molecule has 1 aromatic rings. The van der Waals surface area contributed by atoms with Crippen molar-refractivity contribution in [1.29, 1.82) is 0 Å². The molecule has 1 unspecified atom stereocenters. The number of hydrogen-bond acceptors (Lipinski definition) is 2. The topological polar surface area (TPSA) is 38.4 Å². The zero-order chi connectivity index (χ0) is 9.84. The molecule has 0 N–H and O–H groups in total. The monoisotopic (exact) mass is 181 g/mol. The Hall–Kier alpha value is -1.22. The van der Waals surface area contributed by atoms with Crippen LogP contribution in [0.5, 0.6) is 11.5 Å². The Bertz CT molecular complexity index is 281. The summed E-state index contributed by atoms with van der Waals surface area (Å²) in [6.07, 6.45) is -0.736. The smallest absolute Gasteiger partial charge is 0.161 e. The molecule has 1 rings (SSSR count). The van der Waals surface area contributed by atoms with E-state index in [0.717, 1.165) is 0 Å². The highest BCUT2D eigenvalue weighted by Crippen LogP contribution is 2.29. The van der Waals surface area contributed by atoms with E-state index in [1.165, 1.54) is 0 Å². The van der Waals surface area contributed by atoms with E-state index in [1.807, 2.05) is 0 Å². The van der Waals surface area contributed by atoms with Crippen LogP contribution in [0.4, 0.5) is 0 Å². The van der Waals surface area contributed by atoms with Crippen LogP contribution >= 0.6 is 0 Å². The summed E-state index contributed by atoms with van der Waals surface area (Å²) in [4.78, 5) is 0. The van der Waals surface area contributed by atoms with E-state index in [-0.39, 0.29) is 0 Å². The summed E-state index contributed by atoms with van der Waals surface area (Å²) in [7, 11) is 3.12. The number of hydrogen-bond donors (Lipinski definition) is 0. The van der Waals surface area contributed by atoms with Crippen molar-refractivity contribution in [3.05, 3.63) is 23.8 Å². The second-order valence-corrected chi connectivity index (χ2v) is 2.76. The van der Waals surface area contributed by atoms with Crippen molar-refractivity contribution in [1.82, 2.24) is 0 Å². The first kappa shape index (κ1) is 9.86. The van der Waals surface area contributed by atoms with Crippen LogP contribution in [0.2, 0.25) is 0 Å². The molecular weight excluding hydrogens is 168 g/mol. The third kappa shape index (κ3) is 2.12. The molecule has 1 aromatic carbocycles. The Morgan fingerprint density at radius 3 is 2.23 bits per heavy atom. The fraction of sp³-hybridized carbons (Fsp3) is 0.400. The molecule has 0 amide bonds. The second kappa shape index (κ2) is 4.14. The molecule has 1 atom stereocenters. The molecule has 0 aliphatic rings. The molecule has 0 bridgehead atoms. The van der Waals surface area contributed by atoms with Crippen LogP contribution in [-0.2, 0) is 5.11 Å².